The first-order chi connectivity index (χ1) is 11.5. The van der Waals surface area contributed by atoms with Crippen molar-refractivity contribution < 1.29 is 4.79 Å². The van der Waals surface area contributed by atoms with Gasteiger partial charge in [-0.25, -0.2) is 4.68 Å². The predicted molar refractivity (Wildman–Crippen MR) is 103 cm³/mol. The van der Waals surface area contributed by atoms with Crippen LogP contribution in [0.1, 0.15) is 35.8 Å². The van der Waals surface area contributed by atoms with Gasteiger partial charge in [-0.05, 0) is 56.5 Å². The Labute approximate surface area is 159 Å². The van der Waals surface area contributed by atoms with Crippen molar-refractivity contribution in [3.05, 3.63) is 46.7 Å². The average molecular weight is 383 g/mol. The van der Waals surface area contributed by atoms with Gasteiger partial charge < -0.3 is 10.6 Å². The Balaban J connectivity index is 0.00000225. The van der Waals surface area contributed by atoms with Gasteiger partial charge in [0.1, 0.15) is 0 Å². The molecule has 0 saturated carbocycles. The van der Waals surface area contributed by atoms with E-state index in [4.69, 9.17) is 11.6 Å². The summed E-state index contributed by atoms with van der Waals surface area (Å²) in [6.07, 6.45) is 3.78. The Morgan fingerprint density at radius 1 is 1.40 bits per heavy atom. The zero-order valence-corrected chi connectivity index (χ0v) is 16.1. The minimum Gasteiger partial charge on any atom is -0.351 e. The number of hydrogen-bond acceptors (Lipinski definition) is 3. The molecular weight excluding hydrogens is 359 g/mol. The standard InChI is InChI=1S/C18H23ClN4O.ClH/c1-13-16(11-22-23(13)15-5-3-4-14(19)10-15)17(24)21-12-18(2)6-8-20-9-7-18;/h3-5,10-11,20H,6-9,12H2,1-2H3,(H,21,24);1H. The molecule has 0 bridgehead atoms. The summed E-state index contributed by atoms with van der Waals surface area (Å²) in [5, 5.41) is 11.4. The van der Waals surface area contributed by atoms with E-state index in [2.05, 4.69) is 22.7 Å². The highest BCUT2D eigenvalue weighted by Crippen LogP contribution is 2.27. The highest BCUT2D eigenvalue weighted by Gasteiger charge is 2.27. The van der Waals surface area contributed by atoms with Crippen LogP contribution in [0.3, 0.4) is 0 Å². The van der Waals surface area contributed by atoms with E-state index in [0.29, 0.717) is 17.1 Å². The summed E-state index contributed by atoms with van der Waals surface area (Å²) in [5.74, 6) is -0.0689. The number of rotatable bonds is 4. The van der Waals surface area contributed by atoms with Crippen molar-refractivity contribution in [2.45, 2.75) is 26.7 Å². The largest absolute Gasteiger partial charge is 0.351 e. The fourth-order valence-corrected chi connectivity index (χ4v) is 3.28. The van der Waals surface area contributed by atoms with E-state index in [1.54, 1.807) is 10.9 Å². The van der Waals surface area contributed by atoms with Crippen molar-refractivity contribution in [2.75, 3.05) is 19.6 Å². The summed E-state index contributed by atoms with van der Waals surface area (Å²) in [6, 6.07) is 7.44. The third kappa shape index (κ3) is 4.54. The molecule has 1 amide bonds. The van der Waals surface area contributed by atoms with Crippen molar-refractivity contribution in [2.24, 2.45) is 5.41 Å². The van der Waals surface area contributed by atoms with Crippen LogP contribution in [0.2, 0.25) is 5.02 Å². The minimum absolute atomic E-state index is 0. The van der Waals surface area contributed by atoms with Crippen LogP contribution in [0.25, 0.3) is 5.69 Å². The monoisotopic (exact) mass is 382 g/mol. The molecule has 1 aromatic carbocycles. The maximum atomic E-state index is 12.6. The zero-order valence-electron chi connectivity index (χ0n) is 14.5. The normalized spacial score (nSPS) is 16.1. The molecule has 2 aromatic rings. The van der Waals surface area contributed by atoms with Gasteiger partial charge in [0.05, 0.1) is 23.1 Å². The second-order valence-corrected chi connectivity index (χ2v) is 7.22. The summed E-state index contributed by atoms with van der Waals surface area (Å²) in [7, 11) is 0. The van der Waals surface area contributed by atoms with Crippen LogP contribution in [0.15, 0.2) is 30.5 Å². The van der Waals surface area contributed by atoms with Gasteiger partial charge >= 0.3 is 0 Å². The molecule has 136 valence electrons. The van der Waals surface area contributed by atoms with Crippen LogP contribution in [0, 0.1) is 12.3 Å². The summed E-state index contributed by atoms with van der Waals surface area (Å²) in [4.78, 5) is 12.6. The molecular formula is C18H24Cl2N4O. The SMILES string of the molecule is Cc1c(C(=O)NCC2(C)CCNCC2)cnn1-c1cccc(Cl)c1.Cl. The van der Waals surface area contributed by atoms with E-state index in [1.807, 2.05) is 31.2 Å². The lowest BCUT2D eigenvalue weighted by molar-refractivity contribution is 0.0921. The Hall–Kier alpha value is -1.56. The molecule has 1 aromatic heterocycles. The van der Waals surface area contributed by atoms with Crippen LogP contribution in [0.4, 0.5) is 0 Å². The Bertz CT molecular complexity index is 738. The second kappa shape index (κ2) is 8.21. The van der Waals surface area contributed by atoms with E-state index >= 15 is 0 Å². The van der Waals surface area contributed by atoms with Crippen LogP contribution in [-0.2, 0) is 0 Å². The Morgan fingerprint density at radius 2 is 2.12 bits per heavy atom. The summed E-state index contributed by atoms with van der Waals surface area (Å²) in [6.45, 7) is 6.84. The van der Waals surface area contributed by atoms with Gasteiger partial charge in [-0.3, -0.25) is 4.79 Å². The molecule has 5 nitrogen and oxygen atoms in total. The van der Waals surface area contributed by atoms with Gasteiger partial charge in [0.2, 0.25) is 0 Å². The van der Waals surface area contributed by atoms with Crippen LogP contribution >= 0.6 is 24.0 Å². The number of nitrogens with zero attached hydrogens (tertiary/aromatic N) is 2. The molecule has 2 heterocycles. The molecule has 0 atom stereocenters. The number of piperidine rings is 1. The number of nitrogens with one attached hydrogen (secondary N) is 2. The molecule has 1 saturated heterocycles. The average Bonchev–Trinajstić information content (AvgIpc) is 2.95. The number of aromatic nitrogens is 2. The lowest BCUT2D eigenvalue weighted by Crippen LogP contribution is -2.43. The molecule has 25 heavy (non-hydrogen) atoms. The van der Waals surface area contributed by atoms with E-state index < -0.39 is 0 Å². The first-order valence-electron chi connectivity index (χ1n) is 8.28. The maximum absolute atomic E-state index is 12.6. The van der Waals surface area contributed by atoms with Crippen molar-refractivity contribution in [1.29, 1.82) is 0 Å². The van der Waals surface area contributed by atoms with Gasteiger partial charge in [0.15, 0.2) is 0 Å². The molecule has 0 spiro atoms. The number of hydrogen-bond donors (Lipinski definition) is 2. The van der Waals surface area contributed by atoms with Crippen molar-refractivity contribution >= 4 is 29.9 Å². The number of halogens is 2. The molecule has 7 heteroatoms. The van der Waals surface area contributed by atoms with E-state index in [0.717, 1.165) is 37.3 Å². The molecule has 3 rings (SSSR count). The first kappa shape index (κ1) is 19.8. The molecule has 2 N–H and O–H groups in total. The van der Waals surface area contributed by atoms with Crippen LogP contribution in [0.5, 0.6) is 0 Å². The van der Waals surface area contributed by atoms with Crippen molar-refractivity contribution in [3.63, 3.8) is 0 Å². The highest BCUT2D eigenvalue weighted by molar-refractivity contribution is 6.30. The summed E-state index contributed by atoms with van der Waals surface area (Å²) in [5.41, 5.74) is 2.43. The van der Waals surface area contributed by atoms with E-state index in [-0.39, 0.29) is 23.7 Å². The lowest BCUT2D eigenvalue weighted by atomic mass is 9.81. The number of carbonyl (C=O) groups is 1. The van der Waals surface area contributed by atoms with Crippen molar-refractivity contribution in [3.8, 4) is 5.69 Å². The van der Waals surface area contributed by atoms with E-state index in [9.17, 15) is 4.79 Å². The molecule has 1 aliphatic heterocycles. The fourth-order valence-electron chi connectivity index (χ4n) is 3.10. The van der Waals surface area contributed by atoms with Gasteiger partial charge in [-0.1, -0.05) is 24.6 Å². The maximum Gasteiger partial charge on any atom is 0.254 e. The molecule has 0 aliphatic carbocycles. The number of amides is 1. The molecule has 1 aliphatic rings. The van der Waals surface area contributed by atoms with Crippen molar-refractivity contribution in [1.82, 2.24) is 20.4 Å². The fraction of sp³-hybridized carbons (Fsp3) is 0.444. The smallest absolute Gasteiger partial charge is 0.254 e. The Morgan fingerprint density at radius 3 is 2.80 bits per heavy atom. The predicted octanol–water partition coefficient (Wildman–Crippen LogP) is 3.38. The lowest BCUT2D eigenvalue weighted by Gasteiger charge is -2.34. The van der Waals surface area contributed by atoms with Gasteiger partial charge in [0, 0.05) is 11.6 Å². The summed E-state index contributed by atoms with van der Waals surface area (Å²) < 4.78 is 1.74. The summed E-state index contributed by atoms with van der Waals surface area (Å²) >= 11 is 6.04. The van der Waals surface area contributed by atoms with E-state index in [1.165, 1.54) is 0 Å². The molecule has 0 unspecified atom stereocenters. The van der Waals surface area contributed by atoms with Gasteiger partial charge in [-0.15, -0.1) is 12.4 Å². The third-order valence-electron chi connectivity index (χ3n) is 4.79. The quantitative estimate of drug-likeness (QED) is 0.851. The van der Waals surface area contributed by atoms with Crippen LogP contribution < -0.4 is 10.6 Å². The second-order valence-electron chi connectivity index (χ2n) is 6.78. The topological polar surface area (TPSA) is 59.0 Å². The zero-order chi connectivity index (χ0) is 17.2. The highest BCUT2D eigenvalue weighted by atomic mass is 35.5. The van der Waals surface area contributed by atoms with Gasteiger partial charge in [-0.2, -0.15) is 5.10 Å². The molecule has 0 radical (unpaired) electrons. The number of carbonyl (C=O) groups excluding carboxylic acids is 1. The molecule has 1 fully saturated rings. The Kier molecular flexibility index (Phi) is 6.49. The van der Waals surface area contributed by atoms with Gasteiger partial charge in [0.25, 0.3) is 5.91 Å². The third-order valence-corrected chi connectivity index (χ3v) is 5.03. The first-order valence-corrected chi connectivity index (χ1v) is 8.66. The van der Waals surface area contributed by atoms with Crippen LogP contribution in [-0.4, -0.2) is 35.3 Å². The number of benzene rings is 1. The minimum atomic E-state index is -0.0689.